The number of hydrogen-bond acceptors (Lipinski definition) is 5. The number of carboxylic acids is 1. The van der Waals surface area contributed by atoms with Crippen LogP contribution >= 0.6 is 11.7 Å². The van der Waals surface area contributed by atoms with Crippen LogP contribution in [0.3, 0.4) is 0 Å². The van der Waals surface area contributed by atoms with Gasteiger partial charge in [0.1, 0.15) is 5.69 Å². The molecular weight excluding hydrogens is 410 g/mol. The molecule has 0 saturated carbocycles. The van der Waals surface area contributed by atoms with E-state index in [1.165, 1.54) is 6.07 Å². The van der Waals surface area contributed by atoms with E-state index in [9.17, 15) is 18.7 Å². The quantitative estimate of drug-likeness (QED) is 0.448. The van der Waals surface area contributed by atoms with Crippen molar-refractivity contribution >= 4 is 51.2 Å². The Morgan fingerprint density at radius 1 is 1.00 bits per heavy atom. The van der Waals surface area contributed by atoms with Crippen molar-refractivity contribution in [2.45, 2.75) is 6.42 Å². The number of aromatic nitrogens is 2. The minimum absolute atomic E-state index is 0.0824. The molecule has 0 radical (unpaired) electrons. The van der Waals surface area contributed by atoms with E-state index >= 15 is 0 Å². The predicted molar refractivity (Wildman–Crippen MR) is 113 cm³/mol. The van der Waals surface area contributed by atoms with Gasteiger partial charge in [0.05, 0.1) is 23.0 Å². The maximum atomic E-state index is 12.3. The molecule has 0 amide bonds. The highest BCUT2D eigenvalue weighted by Gasteiger charge is 2.27. The number of fused-ring (bicyclic) bond motifs is 1. The van der Waals surface area contributed by atoms with Crippen molar-refractivity contribution in [1.82, 2.24) is 8.75 Å². The Morgan fingerprint density at radius 2 is 1.66 bits per heavy atom. The van der Waals surface area contributed by atoms with E-state index in [0.717, 1.165) is 32.4 Å². The number of rotatable bonds is 6. The second kappa shape index (κ2) is 8.08. The van der Waals surface area contributed by atoms with Crippen molar-refractivity contribution in [3.8, 4) is 0 Å². The van der Waals surface area contributed by atoms with Gasteiger partial charge in [-0.3, -0.25) is 4.55 Å². The van der Waals surface area contributed by atoms with E-state index in [-0.39, 0.29) is 17.1 Å². The lowest BCUT2D eigenvalue weighted by Crippen LogP contribution is -2.23. The molecule has 0 aliphatic rings. The van der Waals surface area contributed by atoms with Crippen LogP contribution in [0.2, 0.25) is 0 Å². The molecule has 4 rings (SSSR count). The summed E-state index contributed by atoms with van der Waals surface area (Å²) >= 11 is -1.64. The van der Waals surface area contributed by atoms with E-state index < -0.39 is 17.2 Å². The van der Waals surface area contributed by atoms with Gasteiger partial charge in [0, 0.05) is 6.42 Å². The highest BCUT2D eigenvalue weighted by molar-refractivity contribution is 7.81. The number of nitrogens with zero attached hydrogens (tertiary/aromatic N) is 3. The highest BCUT2D eigenvalue weighted by Crippen LogP contribution is 2.35. The third-order valence-corrected chi connectivity index (χ3v) is 5.65. The molecule has 29 heavy (non-hydrogen) atoms. The van der Waals surface area contributed by atoms with Crippen molar-refractivity contribution in [2.75, 3.05) is 4.31 Å². The number of carbonyl (C=O) groups is 1. The number of aromatic carboxylic acids is 1. The largest absolute Gasteiger partial charge is 0.478 e. The van der Waals surface area contributed by atoms with E-state index in [1.807, 2.05) is 42.5 Å². The summed E-state index contributed by atoms with van der Waals surface area (Å²) in [5.74, 6) is -1.04. The number of benzene rings is 3. The average Bonchev–Trinajstić information content (AvgIpc) is 3.15. The summed E-state index contributed by atoms with van der Waals surface area (Å²) in [6.07, 6.45) is 0.399. The standard InChI is InChI=1S/C20H15N3O4S2/c24-20(25)16-11-14-8-4-5-9-15(14)12-18(16)23(29(26)27)19-17(21-28-22-19)10-13-6-2-1-3-7-13/h1-9,11-12H,10H2,(H,24,25)(H,26,27). The fourth-order valence-electron chi connectivity index (χ4n) is 3.10. The summed E-state index contributed by atoms with van der Waals surface area (Å²) in [5.41, 5.74) is 1.44. The molecule has 1 heterocycles. The maximum Gasteiger partial charge on any atom is 0.337 e. The molecule has 3 aromatic carbocycles. The molecule has 0 aliphatic carbocycles. The van der Waals surface area contributed by atoms with Crippen molar-refractivity contribution < 1.29 is 18.7 Å². The molecule has 1 aromatic heterocycles. The number of hydrogen-bond donors (Lipinski definition) is 2. The summed E-state index contributed by atoms with van der Waals surface area (Å²) in [6, 6.07) is 19.8. The van der Waals surface area contributed by atoms with Crippen molar-refractivity contribution in [3.05, 3.63) is 83.6 Å². The van der Waals surface area contributed by atoms with E-state index in [2.05, 4.69) is 8.75 Å². The first-order valence-electron chi connectivity index (χ1n) is 8.57. The summed E-state index contributed by atoms with van der Waals surface area (Å²) in [5, 5.41) is 11.2. The van der Waals surface area contributed by atoms with Crippen LogP contribution in [-0.2, 0) is 17.7 Å². The minimum atomic E-state index is -2.55. The van der Waals surface area contributed by atoms with Gasteiger partial charge in [0.25, 0.3) is 11.3 Å². The Bertz CT molecular complexity index is 1210. The molecule has 7 nitrogen and oxygen atoms in total. The first kappa shape index (κ1) is 19.2. The average molecular weight is 425 g/mol. The molecule has 4 aromatic rings. The fourth-order valence-corrected chi connectivity index (χ4v) is 4.31. The molecule has 0 aliphatic heterocycles. The topological polar surface area (TPSA) is 104 Å². The van der Waals surface area contributed by atoms with Gasteiger partial charge < -0.3 is 5.11 Å². The van der Waals surface area contributed by atoms with Crippen molar-refractivity contribution in [2.24, 2.45) is 0 Å². The van der Waals surface area contributed by atoms with Crippen LogP contribution in [0, 0.1) is 0 Å². The van der Waals surface area contributed by atoms with Crippen molar-refractivity contribution in [3.63, 3.8) is 0 Å². The van der Waals surface area contributed by atoms with Gasteiger partial charge >= 0.3 is 5.97 Å². The van der Waals surface area contributed by atoms with Gasteiger partial charge in [-0.1, -0.05) is 54.6 Å². The zero-order valence-electron chi connectivity index (χ0n) is 14.9. The van der Waals surface area contributed by atoms with Crippen LogP contribution in [0.1, 0.15) is 21.6 Å². The Labute approximate surface area is 173 Å². The molecule has 1 unspecified atom stereocenters. The third kappa shape index (κ3) is 3.88. The molecule has 0 fully saturated rings. The van der Waals surface area contributed by atoms with Gasteiger partial charge in [-0.2, -0.15) is 8.75 Å². The smallest absolute Gasteiger partial charge is 0.337 e. The normalized spacial score (nSPS) is 12.0. The van der Waals surface area contributed by atoms with Gasteiger partial charge in [-0.15, -0.1) is 0 Å². The summed E-state index contributed by atoms with van der Waals surface area (Å²) < 4.78 is 31.8. The SMILES string of the molecule is O=C(O)c1cc2ccccc2cc1N(c1nsnc1Cc1ccccc1)S(=O)O. The first-order chi connectivity index (χ1) is 14.0. The lowest BCUT2D eigenvalue weighted by molar-refractivity contribution is 0.0698. The van der Waals surface area contributed by atoms with E-state index in [0.29, 0.717) is 12.1 Å². The molecule has 2 N–H and O–H groups in total. The molecule has 1 atom stereocenters. The van der Waals surface area contributed by atoms with Gasteiger partial charge in [-0.25, -0.2) is 13.3 Å². The summed E-state index contributed by atoms with van der Waals surface area (Å²) in [7, 11) is 0. The summed E-state index contributed by atoms with van der Waals surface area (Å²) in [4.78, 5) is 11.9. The highest BCUT2D eigenvalue weighted by atomic mass is 32.2. The van der Waals surface area contributed by atoms with Crippen molar-refractivity contribution in [1.29, 1.82) is 0 Å². The van der Waals surface area contributed by atoms with E-state index in [1.54, 1.807) is 18.2 Å². The van der Waals surface area contributed by atoms with Crippen LogP contribution < -0.4 is 4.31 Å². The van der Waals surface area contributed by atoms with Crippen LogP contribution in [0.4, 0.5) is 11.5 Å². The Hall–Kier alpha value is -3.14. The second-order valence-corrected chi connectivity index (χ2v) is 7.60. The number of carboxylic acid groups (broad SMARTS) is 1. The monoisotopic (exact) mass is 425 g/mol. The van der Waals surface area contributed by atoms with Crippen LogP contribution in [0.25, 0.3) is 10.8 Å². The Kier molecular flexibility index (Phi) is 5.34. The molecule has 9 heteroatoms. The first-order valence-corrected chi connectivity index (χ1v) is 10.4. The lowest BCUT2D eigenvalue weighted by Gasteiger charge is -2.21. The molecule has 0 saturated heterocycles. The lowest BCUT2D eigenvalue weighted by atomic mass is 10.0. The second-order valence-electron chi connectivity index (χ2n) is 6.24. The number of anilines is 2. The van der Waals surface area contributed by atoms with Crippen LogP contribution in [0.5, 0.6) is 0 Å². The molecule has 0 spiro atoms. The fraction of sp³-hybridized carbons (Fsp3) is 0.0500. The van der Waals surface area contributed by atoms with Crippen LogP contribution in [0.15, 0.2) is 66.7 Å². The minimum Gasteiger partial charge on any atom is -0.478 e. The van der Waals surface area contributed by atoms with Gasteiger partial charge in [0.2, 0.25) is 0 Å². The Morgan fingerprint density at radius 3 is 2.31 bits per heavy atom. The van der Waals surface area contributed by atoms with Gasteiger partial charge in [-0.05, 0) is 28.5 Å². The van der Waals surface area contributed by atoms with Crippen LogP contribution in [-0.4, -0.2) is 28.6 Å². The molecular formula is C20H15N3O4S2. The van der Waals surface area contributed by atoms with E-state index in [4.69, 9.17) is 0 Å². The zero-order valence-corrected chi connectivity index (χ0v) is 16.6. The molecule has 146 valence electrons. The Balaban J connectivity index is 1.86. The zero-order chi connectivity index (χ0) is 20.4. The molecule has 0 bridgehead atoms. The predicted octanol–water partition coefficient (Wildman–Crippen LogP) is 4.26. The van der Waals surface area contributed by atoms with Gasteiger partial charge in [0.15, 0.2) is 5.82 Å². The third-order valence-electron chi connectivity index (χ3n) is 4.41. The maximum absolute atomic E-state index is 12.3. The summed E-state index contributed by atoms with van der Waals surface area (Å²) in [6.45, 7) is 0.